The van der Waals surface area contributed by atoms with Gasteiger partial charge in [-0.25, -0.2) is 4.98 Å². The summed E-state index contributed by atoms with van der Waals surface area (Å²) in [6.45, 7) is 2.52. The molecule has 0 bridgehead atoms. The Labute approximate surface area is 127 Å². The second kappa shape index (κ2) is 5.09. The van der Waals surface area contributed by atoms with E-state index in [0.29, 0.717) is 16.6 Å². The van der Waals surface area contributed by atoms with E-state index in [1.54, 1.807) is 6.07 Å². The molecule has 3 aromatic rings. The smallest absolute Gasteiger partial charge is 0.137 e. The van der Waals surface area contributed by atoms with Crippen molar-refractivity contribution in [2.75, 3.05) is 0 Å². The standard InChI is InChI=1S/C15H13Cl2N3/c1-9-15(12-4-3-11(16)6-13(12)17)19-14-5-2-10(7-18)8-20(9)14/h2-6,8H,7,18H2,1H3. The Bertz CT molecular complexity index is 793. The fourth-order valence-corrected chi connectivity index (χ4v) is 2.76. The lowest BCUT2D eigenvalue weighted by atomic mass is 10.1. The number of aryl methyl sites for hydroxylation is 1. The number of hydrogen-bond acceptors (Lipinski definition) is 2. The SMILES string of the molecule is Cc1c(-c2ccc(Cl)cc2Cl)nc2ccc(CN)cn12. The summed E-state index contributed by atoms with van der Waals surface area (Å²) in [4.78, 5) is 4.64. The molecule has 0 fully saturated rings. The highest BCUT2D eigenvalue weighted by Crippen LogP contribution is 2.32. The Morgan fingerprint density at radius 3 is 2.70 bits per heavy atom. The van der Waals surface area contributed by atoms with E-state index in [9.17, 15) is 0 Å². The van der Waals surface area contributed by atoms with Crippen LogP contribution in [0.4, 0.5) is 0 Å². The van der Waals surface area contributed by atoms with Crippen molar-refractivity contribution in [1.29, 1.82) is 0 Å². The van der Waals surface area contributed by atoms with Gasteiger partial charge in [-0.2, -0.15) is 0 Å². The number of rotatable bonds is 2. The van der Waals surface area contributed by atoms with Gasteiger partial charge in [0.1, 0.15) is 5.65 Å². The van der Waals surface area contributed by atoms with Crippen molar-refractivity contribution in [3.63, 3.8) is 0 Å². The molecule has 0 spiro atoms. The predicted octanol–water partition coefficient (Wildman–Crippen LogP) is 4.08. The van der Waals surface area contributed by atoms with Gasteiger partial charge in [0.25, 0.3) is 0 Å². The zero-order chi connectivity index (χ0) is 14.3. The first kappa shape index (κ1) is 13.4. The van der Waals surface area contributed by atoms with Crippen LogP contribution in [0.25, 0.3) is 16.9 Å². The largest absolute Gasteiger partial charge is 0.326 e. The van der Waals surface area contributed by atoms with E-state index in [2.05, 4.69) is 4.98 Å². The maximum atomic E-state index is 6.27. The zero-order valence-electron chi connectivity index (χ0n) is 10.9. The summed E-state index contributed by atoms with van der Waals surface area (Å²) in [5, 5.41) is 1.22. The van der Waals surface area contributed by atoms with Gasteiger partial charge in [0.05, 0.1) is 10.7 Å². The molecule has 0 saturated heterocycles. The Morgan fingerprint density at radius 2 is 2.00 bits per heavy atom. The van der Waals surface area contributed by atoms with E-state index in [1.807, 2.05) is 41.8 Å². The first-order valence-electron chi connectivity index (χ1n) is 6.23. The number of imidazole rings is 1. The van der Waals surface area contributed by atoms with E-state index in [-0.39, 0.29) is 0 Å². The molecule has 20 heavy (non-hydrogen) atoms. The van der Waals surface area contributed by atoms with Gasteiger partial charge in [-0.3, -0.25) is 0 Å². The number of halogens is 2. The number of hydrogen-bond donors (Lipinski definition) is 1. The summed E-state index contributed by atoms with van der Waals surface area (Å²) < 4.78 is 2.03. The minimum atomic E-state index is 0.505. The monoisotopic (exact) mass is 305 g/mol. The summed E-state index contributed by atoms with van der Waals surface area (Å²) in [5.74, 6) is 0. The van der Waals surface area contributed by atoms with Crippen LogP contribution in [0.5, 0.6) is 0 Å². The molecule has 0 aliphatic heterocycles. The van der Waals surface area contributed by atoms with E-state index >= 15 is 0 Å². The maximum Gasteiger partial charge on any atom is 0.137 e. The average Bonchev–Trinajstić information content (AvgIpc) is 2.76. The predicted molar refractivity (Wildman–Crippen MR) is 83.3 cm³/mol. The third-order valence-corrected chi connectivity index (χ3v) is 3.89. The Balaban J connectivity index is 2.24. The topological polar surface area (TPSA) is 43.3 Å². The third-order valence-electron chi connectivity index (χ3n) is 3.34. The number of fused-ring (bicyclic) bond motifs is 1. The molecule has 2 aromatic heterocycles. The molecule has 3 rings (SSSR count). The van der Waals surface area contributed by atoms with Gasteiger partial charge in [0.2, 0.25) is 0 Å². The van der Waals surface area contributed by atoms with Crippen LogP contribution in [0.2, 0.25) is 10.0 Å². The molecular weight excluding hydrogens is 293 g/mol. The normalized spacial score (nSPS) is 11.2. The third kappa shape index (κ3) is 2.18. The van der Waals surface area contributed by atoms with Crippen molar-refractivity contribution in [2.24, 2.45) is 5.73 Å². The molecule has 2 heterocycles. The number of pyridine rings is 1. The lowest BCUT2D eigenvalue weighted by Gasteiger charge is -2.03. The molecule has 0 aliphatic rings. The van der Waals surface area contributed by atoms with E-state index in [1.165, 1.54) is 0 Å². The summed E-state index contributed by atoms with van der Waals surface area (Å²) in [6, 6.07) is 9.38. The molecule has 0 amide bonds. The fourth-order valence-electron chi connectivity index (χ4n) is 2.26. The maximum absolute atomic E-state index is 6.27. The summed E-state index contributed by atoms with van der Waals surface area (Å²) in [5.41, 5.74) is 10.4. The van der Waals surface area contributed by atoms with Gasteiger partial charge >= 0.3 is 0 Å². The number of nitrogens with zero attached hydrogens (tertiary/aromatic N) is 2. The second-order valence-electron chi connectivity index (χ2n) is 4.64. The summed E-state index contributed by atoms with van der Waals surface area (Å²) in [6.07, 6.45) is 2.00. The minimum Gasteiger partial charge on any atom is -0.326 e. The van der Waals surface area contributed by atoms with Crippen LogP contribution in [-0.2, 0) is 6.54 Å². The van der Waals surface area contributed by atoms with Gasteiger partial charge < -0.3 is 10.1 Å². The highest BCUT2D eigenvalue weighted by molar-refractivity contribution is 6.36. The van der Waals surface area contributed by atoms with Crippen LogP contribution in [0, 0.1) is 6.92 Å². The Morgan fingerprint density at radius 1 is 1.20 bits per heavy atom. The first-order valence-corrected chi connectivity index (χ1v) is 6.99. The quantitative estimate of drug-likeness (QED) is 0.775. The molecule has 5 heteroatoms. The second-order valence-corrected chi connectivity index (χ2v) is 5.48. The van der Waals surface area contributed by atoms with Gasteiger partial charge in [-0.05, 0) is 36.8 Å². The molecule has 0 radical (unpaired) electrons. The van der Waals surface area contributed by atoms with Crippen LogP contribution in [0.1, 0.15) is 11.3 Å². The molecule has 102 valence electrons. The number of nitrogens with two attached hydrogens (primary N) is 1. The molecule has 0 unspecified atom stereocenters. The van der Waals surface area contributed by atoms with Crippen molar-refractivity contribution < 1.29 is 0 Å². The molecular formula is C15H13Cl2N3. The molecule has 1 aromatic carbocycles. The summed E-state index contributed by atoms with van der Waals surface area (Å²) >= 11 is 12.2. The van der Waals surface area contributed by atoms with Gasteiger partial charge in [-0.1, -0.05) is 29.3 Å². The van der Waals surface area contributed by atoms with Crippen molar-refractivity contribution in [2.45, 2.75) is 13.5 Å². The average molecular weight is 306 g/mol. The molecule has 3 nitrogen and oxygen atoms in total. The molecule has 0 atom stereocenters. The van der Waals surface area contributed by atoms with Crippen molar-refractivity contribution in [3.05, 3.63) is 57.8 Å². The highest BCUT2D eigenvalue weighted by atomic mass is 35.5. The van der Waals surface area contributed by atoms with Crippen LogP contribution in [-0.4, -0.2) is 9.38 Å². The minimum absolute atomic E-state index is 0.505. The van der Waals surface area contributed by atoms with E-state index in [4.69, 9.17) is 28.9 Å². The van der Waals surface area contributed by atoms with Crippen LogP contribution >= 0.6 is 23.2 Å². The van der Waals surface area contributed by atoms with Crippen LogP contribution in [0.15, 0.2) is 36.5 Å². The molecule has 0 aliphatic carbocycles. The van der Waals surface area contributed by atoms with Gasteiger partial charge in [0, 0.05) is 29.0 Å². The lowest BCUT2D eigenvalue weighted by Crippen LogP contribution is -1.98. The molecule has 2 N–H and O–H groups in total. The van der Waals surface area contributed by atoms with Crippen LogP contribution in [0.3, 0.4) is 0 Å². The van der Waals surface area contributed by atoms with Crippen molar-refractivity contribution in [1.82, 2.24) is 9.38 Å². The van der Waals surface area contributed by atoms with Crippen molar-refractivity contribution >= 4 is 28.8 Å². The molecule has 0 saturated carbocycles. The van der Waals surface area contributed by atoms with Gasteiger partial charge in [-0.15, -0.1) is 0 Å². The highest BCUT2D eigenvalue weighted by Gasteiger charge is 2.13. The number of aromatic nitrogens is 2. The Hall–Kier alpha value is -1.55. The first-order chi connectivity index (χ1) is 9.60. The van der Waals surface area contributed by atoms with Crippen LogP contribution < -0.4 is 5.73 Å². The Kier molecular flexibility index (Phi) is 3.42. The fraction of sp³-hybridized carbons (Fsp3) is 0.133. The van der Waals surface area contributed by atoms with E-state index < -0.39 is 0 Å². The lowest BCUT2D eigenvalue weighted by molar-refractivity contribution is 1.01. The number of benzene rings is 1. The zero-order valence-corrected chi connectivity index (χ0v) is 12.4. The summed E-state index contributed by atoms with van der Waals surface area (Å²) in [7, 11) is 0. The van der Waals surface area contributed by atoms with Crippen molar-refractivity contribution in [3.8, 4) is 11.3 Å². The van der Waals surface area contributed by atoms with Gasteiger partial charge in [0.15, 0.2) is 0 Å². The van der Waals surface area contributed by atoms with E-state index in [0.717, 1.165) is 28.2 Å².